The topological polar surface area (TPSA) is 117 Å². The lowest BCUT2D eigenvalue weighted by molar-refractivity contribution is -0.351. The Bertz CT molecular complexity index is 924. The summed E-state index contributed by atoms with van der Waals surface area (Å²) in [5.74, 6) is -0.880. The van der Waals surface area contributed by atoms with E-state index in [-0.39, 0.29) is 38.6 Å². The molecule has 0 spiro atoms. The Hall–Kier alpha value is -2.34. The van der Waals surface area contributed by atoms with Crippen LogP contribution in [-0.2, 0) is 14.3 Å². The van der Waals surface area contributed by atoms with Gasteiger partial charge in [0.15, 0.2) is 11.7 Å². The van der Waals surface area contributed by atoms with Crippen LogP contribution in [0.4, 0.5) is 13.2 Å². The minimum Gasteiger partial charge on any atom is -0.480 e. The molecule has 1 aliphatic carbocycles. The maximum Gasteiger partial charge on any atom is 0.522 e. The van der Waals surface area contributed by atoms with E-state index in [1.165, 1.54) is 0 Å². The first-order valence-electron chi connectivity index (χ1n) is 10.7. The van der Waals surface area contributed by atoms with Gasteiger partial charge in [-0.25, -0.2) is 0 Å². The molecule has 2 amide bonds. The van der Waals surface area contributed by atoms with Crippen LogP contribution in [0.1, 0.15) is 43.8 Å². The summed E-state index contributed by atoms with van der Waals surface area (Å²) in [6, 6.07) is 4.19. The fraction of sp³-hybridized carbons (Fsp3) is 0.545. The zero-order valence-corrected chi connectivity index (χ0v) is 18.9. The van der Waals surface area contributed by atoms with Crippen molar-refractivity contribution in [1.29, 1.82) is 0 Å². The molecule has 4 N–H and O–H groups in total. The van der Waals surface area contributed by atoms with Gasteiger partial charge in [-0.1, -0.05) is 24.3 Å². The highest BCUT2D eigenvalue weighted by molar-refractivity contribution is 6.30. The van der Waals surface area contributed by atoms with Crippen molar-refractivity contribution >= 4 is 23.4 Å². The van der Waals surface area contributed by atoms with Gasteiger partial charge in [0.05, 0.1) is 12.2 Å². The van der Waals surface area contributed by atoms with Gasteiger partial charge < -0.3 is 25.6 Å². The molecule has 1 aromatic rings. The van der Waals surface area contributed by atoms with E-state index in [0.717, 1.165) is 6.08 Å². The SMILES string of the molecule is C=CC(O)(CCCNC(=O)[C@@H]1C[C@H](O)c2cc(Cl)ccc2O1)C(=O)NC1CC(OC(F)(F)F)C1. The highest BCUT2D eigenvalue weighted by atomic mass is 35.5. The van der Waals surface area contributed by atoms with Crippen molar-refractivity contribution in [2.75, 3.05) is 6.54 Å². The van der Waals surface area contributed by atoms with E-state index in [4.69, 9.17) is 16.3 Å². The van der Waals surface area contributed by atoms with E-state index in [1.54, 1.807) is 18.2 Å². The number of amides is 2. The molecule has 1 fully saturated rings. The monoisotopic (exact) mass is 506 g/mol. The summed E-state index contributed by atoms with van der Waals surface area (Å²) < 4.78 is 46.1. The number of aliphatic hydroxyl groups is 2. The number of carbonyl (C=O) groups excluding carboxylic acids is 2. The molecule has 2 aliphatic rings. The first kappa shape index (κ1) is 26.3. The molecule has 8 nitrogen and oxygen atoms in total. The maximum atomic E-state index is 12.4. The van der Waals surface area contributed by atoms with Gasteiger partial charge in [-0.05, 0) is 43.9 Å². The molecule has 0 aromatic heterocycles. The summed E-state index contributed by atoms with van der Waals surface area (Å²) in [5.41, 5.74) is -1.45. The van der Waals surface area contributed by atoms with Crippen molar-refractivity contribution in [1.82, 2.24) is 10.6 Å². The number of benzene rings is 1. The fourth-order valence-corrected chi connectivity index (χ4v) is 4.03. The Labute approximate surface area is 199 Å². The summed E-state index contributed by atoms with van der Waals surface area (Å²) in [5, 5.41) is 26.4. The summed E-state index contributed by atoms with van der Waals surface area (Å²) >= 11 is 5.92. The van der Waals surface area contributed by atoms with Crippen LogP contribution in [0.5, 0.6) is 5.75 Å². The van der Waals surface area contributed by atoms with Crippen LogP contribution >= 0.6 is 11.6 Å². The van der Waals surface area contributed by atoms with Crippen molar-refractivity contribution in [3.63, 3.8) is 0 Å². The number of carbonyl (C=O) groups is 2. The van der Waals surface area contributed by atoms with E-state index in [0.29, 0.717) is 16.3 Å². The van der Waals surface area contributed by atoms with Gasteiger partial charge in [0, 0.05) is 29.6 Å². The summed E-state index contributed by atoms with van der Waals surface area (Å²) in [7, 11) is 0. The van der Waals surface area contributed by atoms with E-state index in [1.807, 2.05) is 0 Å². The molecular weight excluding hydrogens is 481 g/mol. The number of fused-ring (bicyclic) bond motifs is 1. The first-order chi connectivity index (χ1) is 15.9. The van der Waals surface area contributed by atoms with Crippen LogP contribution in [0.2, 0.25) is 5.02 Å². The molecule has 1 aromatic carbocycles. The van der Waals surface area contributed by atoms with Gasteiger partial charge >= 0.3 is 6.36 Å². The van der Waals surface area contributed by atoms with E-state index < -0.39 is 48.1 Å². The smallest absolute Gasteiger partial charge is 0.480 e. The number of ether oxygens (including phenoxy) is 2. The molecule has 1 unspecified atom stereocenters. The zero-order chi connectivity index (χ0) is 25.1. The van der Waals surface area contributed by atoms with Crippen molar-refractivity contribution in [2.24, 2.45) is 0 Å². The lowest BCUT2D eigenvalue weighted by atomic mass is 9.87. The molecule has 0 saturated heterocycles. The second-order valence-electron chi connectivity index (χ2n) is 8.39. The third kappa shape index (κ3) is 6.62. The third-order valence-corrected chi connectivity index (χ3v) is 6.06. The number of hydrogen-bond acceptors (Lipinski definition) is 6. The van der Waals surface area contributed by atoms with Crippen molar-refractivity contribution in [3.8, 4) is 5.75 Å². The summed E-state index contributed by atoms with van der Waals surface area (Å²) in [4.78, 5) is 24.8. The van der Waals surface area contributed by atoms with Crippen LogP contribution < -0.4 is 15.4 Å². The average Bonchev–Trinajstić information content (AvgIpc) is 2.74. The molecule has 1 heterocycles. The lowest BCUT2D eigenvalue weighted by Gasteiger charge is -2.37. The second-order valence-corrected chi connectivity index (χ2v) is 8.83. The number of rotatable bonds is 9. The highest BCUT2D eigenvalue weighted by Crippen LogP contribution is 2.36. The van der Waals surface area contributed by atoms with Gasteiger partial charge in [0.1, 0.15) is 5.75 Å². The van der Waals surface area contributed by atoms with E-state index in [2.05, 4.69) is 21.9 Å². The molecule has 0 radical (unpaired) electrons. The van der Waals surface area contributed by atoms with Gasteiger partial charge in [-0.2, -0.15) is 0 Å². The lowest BCUT2D eigenvalue weighted by Crippen LogP contribution is -2.55. The van der Waals surface area contributed by atoms with Gasteiger partial charge in [0.2, 0.25) is 0 Å². The summed E-state index contributed by atoms with van der Waals surface area (Å²) in [6.45, 7) is 3.57. The Balaban J connectivity index is 1.41. The number of nitrogens with one attached hydrogen (secondary N) is 2. The Morgan fingerprint density at radius 3 is 2.65 bits per heavy atom. The largest absolute Gasteiger partial charge is 0.522 e. The number of hydrogen-bond donors (Lipinski definition) is 4. The van der Waals surface area contributed by atoms with Crippen molar-refractivity contribution in [3.05, 3.63) is 41.4 Å². The number of alkyl halides is 3. The fourth-order valence-electron chi connectivity index (χ4n) is 3.85. The molecule has 34 heavy (non-hydrogen) atoms. The standard InChI is InChI=1S/C22H26ClF3N2O6/c1-2-21(32,20(31)28-13-9-14(10-13)34-22(24,25)26)6-3-7-27-19(30)18-11-16(29)15-8-12(23)4-5-17(15)33-18/h2,4-5,8,13-14,16,18,29,32H,1,3,6-7,9-11H2,(H,27,30)(H,28,31)/t13?,14?,16-,18-,21?/m0/s1. The average molecular weight is 507 g/mol. The molecule has 3 rings (SSSR count). The van der Waals surface area contributed by atoms with E-state index in [9.17, 15) is 33.0 Å². The molecule has 12 heteroatoms. The maximum absolute atomic E-state index is 12.4. The Kier molecular flexibility index (Phi) is 8.12. The van der Waals surface area contributed by atoms with Crippen LogP contribution in [0.15, 0.2) is 30.9 Å². The van der Waals surface area contributed by atoms with Gasteiger partial charge in [0.25, 0.3) is 11.8 Å². The quantitative estimate of drug-likeness (QED) is 0.302. The molecular formula is C22H26ClF3N2O6. The van der Waals surface area contributed by atoms with Crippen LogP contribution in [0.25, 0.3) is 0 Å². The Morgan fingerprint density at radius 2 is 2.00 bits per heavy atom. The Morgan fingerprint density at radius 1 is 1.29 bits per heavy atom. The molecule has 188 valence electrons. The third-order valence-electron chi connectivity index (χ3n) is 5.82. The predicted molar refractivity (Wildman–Crippen MR) is 115 cm³/mol. The van der Waals surface area contributed by atoms with Gasteiger partial charge in [-0.15, -0.1) is 13.2 Å². The second kappa shape index (κ2) is 10.5. The highest BCUT2D eigenvalue weighted by Gasteiger charge is 2.42. The molecule has 0 bridgehead atoms. The van der Waals surface area contributed by atoms with E-state index >= 15 is 0 Å². The predicted octanol–water partition coefficient (Wildman–Crippen LogP) is 2.52. The minimum absolute atomic E-state index is 0.0168. The first-order valence-corrected chi connectivity index (χ1v) is 11.1. The molecule has 3 atom stereocenters. The zero-order valence-electron chi connectivity index (χ0n) is 18.1. The van der Waals surface area contributed by atoms with Crippen LogP contribution in [0, 0.1) is 0 Å². The normalized spacial score (nSPS) is 25.7. The number of aliphatic hydroxyl groups excluding tert-OH is 1. The molecule has 1 saturated carbocycles. The van der Waals surface area contributed by atoms with Crippen molar-refractivity contribution < 1.29 is 42.4 Å². The van der Waals surface area contributed by atoms with Crippen LogP contribution in [0.3, 0.4) is 0 Å². The minimum atomic E-state index is -4.73. The van der Waals surface area contributed by atoms with Crippen molar-refractivity contribution in [2.45, 2.75) is 68.4 Å². The molecule has 1 aliphatic heterocycles. The summed E-state index contributed by atoms with van der Waals surface area (Å²) in [6.07, 6.45) is -6.41. The van der Waals surface area contributed by atoms with Gasteiger partial charge in [-0.3, -0.25) is 14.3 Å². The number of halogens is 4. The van der Waals surface area contributed by atoms with Crippen LogP contribution in [-0.4, -0.2) is 58.8 Å².